The number of hydrogen-bond acceptors (Lipinski definition) is 1. The molecule has 3 aromatic carbocycles. The highest BCUT2D eigenvalue weighted by Crippen LogP contribution is 2.51. The van der Waals surface area contributed by atoms with Gasteiger partial charge in [0.2, 0.25) is 5.69 Å². The van der Waals surface area contributed by atoms with Crippen molar-refractivity contribution in [2.45, 2.75) is 45.6 Å². The normalized spacial score (nSPS) is 21.9. The molecule has 33 heavy (non-hydrogen) atoms. The molecule has 0 N–H and O–H groups in total. The molecule has 0 amide bonds. The summed E-state index contributed by atoms with van der Waals surface area (Å²) >= 11 is 0. The molecule has 0 saturated carbocycles. The Labute approximate surface area is 213 Å². The van der Waals surface area contributed by atoms with E-state index in [0.717, 1.165) is 0 Å². The summed E-state index contributed by atoms with van der Waals surface area (Å²) in [5.41, 5.74) is 1.10. The predicted molar refractivity (Wildman–Crippen MR) is 137 cm³/mol. The number of pyridine rings is 1. The van der Waals surface area contributed by atoms with E-state index in [0.29, 0.717) is 49.9 Å². The third kappa shape index (κ3) is 2.76. The summed E-state index contributed by atoms with van der Waals surface area (Å²) in [6.07, 6.45) is 1.50. The Hall–Kier alpha value is -3.39. The molecule has 0 spiro atoms. The first-order valence-corrected chi connectivity index (χ1v) is 10.7. The SMILES string of the molecule is [2H]C([2H])([2H])C([2H])(c1cc[n+](C)c(-c2c(C)ccc3c2oc2cc4c(cc23)C(C([2H])([2H])[2H])(C([2H])([2H])[2H])c2ccccc2-4)c1)C([2H])([2H])[2H]. The molecule has 0 radical (unpaired) electrons. The number of aromatic nitrogens is 1. The maximum absolute atomic E-state index is 8.72. The van der Waals surface area contributed by atoms with Crippen LogP contribution in [0.25, 0.3) is 44.3 Å². The highest BCUT2D eigenvalue weighted by atomic mass is 16.3. The summed E-state index contributed by atoms with van der Waals surface area (Å²) in [5, 5.41) is 1.04. The van der Waals surface area contributed by atoms with E-state index in [2.05, 4.69) is 0 Å². The summed E-state index contributed by atoms with van der Waals surface area (Å²) in [4.78, 5) is 0. The van der Waals surface area contributed by atoms with Crippen LogP contribution in [-0.2, 0) is 12.5 Å². The average Bonchev–Trinajstić information content (AvgIpc) is 3.43. The molecule has 2 heterocycles. The standard InChI is InChI=1S/C31H30NO/c1-18(2)20-13-14-32(6)27(15-20)29-19(3)11-12-22-24-16-26-23(17-28(24)33-30(22)29)21-9-7-8-10-25(21)31(26,4)5/h7-18H,1-6H3/q+1/i1D3,2D3,4D3,5D3,18D. The van der Waals surface area contributed by atoms with Gasteiger partial charge in [-0.15, -0.1) is 0 Å². The van der Waals surface area contributed by atoms with Crippen LogP contribution < -0.4 is 4.57 Å². The number of hydrogen-bond donors (Lipinski definition) is 0. The van der Waals surface area contributed by atoms with E-state index in [9.17, 15) is 0 Å². The molecule has 0 bridgehead atoms. The summed E-state index contributed by atoms with van der Waals surface area (Å²) in [6, 6.07) is 16.1. The lowest BCUT2D eigenvalue weighted by Gasteiger charge is -2.21. The Kier molecular flexibility index (Phi) is 2.21. The molecule has 2 aromatic heterocycles. The third-order valence-electron chi connectivity index (χ3n) is 6.71. The van der Waals surface area contributed by atoms with Crippen LogP contribution in [0.15, 0.2) is 71.3 Å². The lowest BCUT2D eigenvalue weighted by Crippen LogP contribution is -2.31. The number of fused-ring (bicyclic) bond motifs is 6. The Bertz CT molecular complexity index is 2020. The van der Waals surface area contributed by atoms with Crippen molar-refractivity contribution in [3.63, 3.8) is 0 Å². The van der Waals surface area contributed by atoms with Gasteiger partial charge in [-0.1, -0.05) is 63.8 Å². The van der Waals surface area contributed by atoms with Crippen LogP contribution in [0.5, 0.6) is 0 Å². The van der Waals surface area contributed by atoms with Gasteiger partial charge in [-0.25, -0.2) is 4.57 Å². The summed E-state index contributed by atoms with van der Waals surface area (Å²) < 4.78 is 116. The Morgan fingerprint density at radius 3 is 2.61 bits per heavy atom. The molecule has 1 aliphatic rings. The van der Waals surface area contributed by atoms with Crippen LogP contribution in [0.1, 0.15) is 73.4 Å². The summed E-state index contributed by atoms with van der Waals surface area (Å²) in [7, 11) is 1.70. The van der Waals surface area contributed by atoms with E-state index in [1.54, 1.807) is 67.1 Å². The minimum Gasteiger partial charge on any atom is -0.455 e. The number of furan rings is 1. The first kappa shape index (κ1) is 10.7. The number of benzene rings is 3. The van der Waals surface area contributed by atoms with Gasteiger partial charge in [0, 0.05) is 46.1 Å². The maximum Gasteiger partial charge on any atom is 0.216 e. The van der Waals surface area contributed by atoms with Crippen molar-refractivity contribution in [2.75, 3.05) is 0 Å². The summed E-state index contributed by atoms with van der Waals surface area (Å²) in [6.45, 7) is -10.4. The van der Waals surface area contributed by atoms with Crippen molar-refractivity contribution in [1.29, 1.82) is 0 Å². The maximum atomic E-state index is 8.72. The van der Waals surface area contributed by atoms with Crippen molar-refractivity contribution in [3.8, 4) is 22.4 Å². The lowest BCUT2D eigenvalue weighted by molar-refractivity contribution is -0.660. The summed E-state index contributed by atoms with van der Waals surface area (Å²) in [5.74, 6) is -2.92. The molecule has 2 heteroatoms. The molecule has 0 fully saturated rings. The molecule has 164 valence electrons. The molecular weight excluding hydrogens is 402 g/mol. The molecular formula is C31H30NO+. The number of nitrogens with zero attached hydrogens (tertiary/aromatic N) is 1. The second kappa shape index (κ2) is 6.81. The minimum absolute atomic E-state index is 0.146. The fourth-order valence-electron chi connectivity index (χ4n) is 5.00. The lowest BCUT2D eigenvalue weighted by atomic mass is 9.82. The van der Waals surface area contributed by atoms with E-state index >= 15 is 0 Å². The van der Waals surface area contributed by atoms with E-state index in [-0.39, 0.29) is 16.7 Å². The van der Waals surface area contributed by atoms with Crippen LogP contribution in [0, 0.1) is 6.92 Å². The van der Waals surface area contributed by atoms with E-state index in [1.807, 2.05) is 0 Å². The fourth-order valence-corrected chi connectivity index (χ4v) is 5.00. The average molecular weight is 446 g/mol. The van der Waals surface area contributed by atoms with Gasteiger partial charge in [0.25, 0.3) is 0 Å². The first-order valence-electron chi connectivity index (χ1n) is 17.2. The molecule has 1 aliphatic carbocycles. The van der Waals surface area contributed by atoms with Crippen molar-refractivity contribution in [2.24, 2.45) is 7.05 Å². The van der Waals surface area contributed by atoms with Gasteiger partial charge < -0.3 is 4.42 Å². The van der Waals surface area contributed by atoms with Crippen molar-refractivity contribution in [1.82, 2.24) is 0 Å². The zero-order valence-corrected chi connectivity index (χ0v) is 18.2. The van der Waals surface area contributed by atoms with Crippen LogP contribution in [0.2, 0.25) is 0 Å². The topological polar surface area (TPSA) is 17.0 Å². The predicted octanol–water partition coefficient (Wildman–Crippen LogP) is 7.82. The molecule has 5 aromatic rings. The number of aryl methyl sites for hydroxylation is 2. The van der Waals surface area contributed by atoms with Crippen LogP contribution >= 0.6 is 0 Å². The number of rotatable bonds is 2. The quantitative estimate of drug-likeness (QED) is 0.253. The van der Waals surface area contributed by atoms with Crippen LogP contribution in [-0.4, -0.2) is 0 Å². The second-order valence-corrected chi connectivity index (χ2v) is 8.71. The van der Waals surface area contributed by atoms with Crippen molar-refractivity contribution in [3.05, 3.63) is 89.1 Å². The molecule has 0 saturated heterocycles. The zero-order valence-electron chi connectivity index (χ0n) is 31.2. The Morgan fingerprint density at radius 1 is 0.939 bits per heavy atom. The van der Waals surface area contributed by atoms with Gasteiger partial charge in [-0.3, -0.25) is 0 Å². The molecule has 2 nitrogen and oxygen atoms in total. The van der Waals surface area contributed by atoms with Crippen molar-refractivity contribution >= 4 is 21.9 Å². The van der Waals surface area contributed by atoms with Gasteiger partial charge in [-0.05, 0) is 58.3 Å². The van der Waals surface area contributed by atoms with E-state index in [1.165, 1.54) is 18.3 Å². The second-order valence-electron chi connectivity index (χ2n) is 8.71. The fraction of sp³-hybridized carbons (Fsp3) is 0.258. The van der Waals surface area contributed by atoms with Crippen molar-refractivity contribution < 1.29 is 26.8 Å². The van der Waals surface area contributed by atoms with E-state index < -0.39 is 38.7 Å². The Balaban J connectivity index is 1.68. The largest absolute Gasteiger partial charge is 0.455 e. The van der Waals surface area contributed by atoms with Gasteiger partial charge in [-0.2, -0.15) is 0 Å². The molecule has 0 aliphatic heterocycles. The third-order valence-corrected chi connectivity index (χ3v) is 6.71. The zero-order chi connectivity index (χ0) is 34.0. The van der Waals surface area contributed by atoms with Crippen LogP contribution in [0.4, 0.5) is 0 Å². The van der Waals surface area contributed by atoms with Gasteiger partial charge in [0.1, 0.15) is 18.2 Å². The van der Waals surface area contributed by atoms with Gasteiger partial charge in [0.15, 0.2) is 6.20 Å². The van der Waals surface area contributed by atoms with Crippen LogP contribution in [0.3, 0.4) is 0 Å². The monoisotopic (exact) mass is 445 g/mol. The molecule has 0 unspecified atom stereocenters. The molecule has 6 rings (SSSR count). The highest BCUT2D eigenvalue weighted by Gasteiger charge is 2.36. The molecule has 0 atom stereocenters. The highest BCUT2D eigenvalue weighted by molar-refractivity contribution is 6.11. The van der Waals surface area contributed by atoms with Gasteiger partial charge >= 0.3 is 0 Å². The van der Waals surface area contributed by atoms with E-state index in [4.69, 9.17) is 22.2 Å². The van der Waals surface area contributed by atoms with Gasteiger partial charge in [0.05, 0.1) is 5.56 Å². The Morgan fingerprint density at radius 2 is 1.79 bits per heavy atom. The first-order chi connectivity index (χ1) is 21.1. The smallest absolute Gasteiger partial charge is 0.216 e. The minimum atomic E-state index is -3.18.